The maximum atomic E-state index is 12.3. The van der Waals surface area contributed by atoms with Crippen molar-refractivity contribution < 1.29 is 9.53 Å². The molecule has 0 saturated carbocycles. The Kier molecular flexibility index (Phi) is 6.19. The number of nitrogen functional groups attached to an aromatic ring is 1. The summed E-state index contributed by atoms with van der Waals surface area (Å²) in [4.78, 5) is 12.3. The van der Waals surface area contributed by atoms with E-state index in [9.17, 15) is 4.79 Å². The van der Waals surface area contributed by atoms with Crippen LogP contribution < -0.4 is 15.8 Å². The molecule has 1 rings (SSSR count). The Morgan fingerprint density at radius 2 is 2.11 bits per heavy atom. The van der Waals surface area contributed by atoms with Crippen LogP contribution in [0, 0.1) is 0 Å². The normalized spacial score (nSPS) is 11.9. The van der Waals surface area contributed by atoms with Gasteiger partial charge in [0, 0.05) is 6.04 Å². The maximum absolute atomic E-state index is 12.3. The van der Waals surface area contributed by atoms with Crippen LogP contribution in [-0.2, 0) is 0 Å². The van der Waals surface area contributed by atoms with Gasteiger partial charge < -0.3 is 15.8 Å². The van der Waals surface area contributed by atoms with E-state index >= 15 is 0 Å². The van der Waals surface area contributed by atoms with Gasteiger partial charge >= 0.3 is 0 Å². The fraction of sp³-hybridized carbons (Fsp3) is 0.533. The number of rotatable bonds is 7. The van der Waals surface area contributed by atoms with Gasteiger partial charge in [0.25, 0.3) is 5.91 Å². The van der Waals surface area contributed by atoms with Gasteiger partial charge in [-0.3, -0.25) is 4.79 Å². The summed E-state index contributed by atoms with van der Waals surface area (Å²) in [6.45, 7) is 6.55. The monoisotopic (exact) mass is 264 g/mol. The first-order valence-corrected chi connectivity index (χ1v) is 6.96. The number of anilines is 1. The molecule has 1 amide bonds. The van der Waals surface area contributed by atoms with Crippen molar-refractivity contribution in [2.24, 2.45) is 0 Å². The van der Waals surface area contributed by atoms with Crippen molar-refractivity contribution in [1.82, 2.24) is 5.32 Å². The maximum Gasteiger partial charge on any atom is 0.255 e. The van der Waals surface area contributed by atoms with Crippen LogP contribution in [0.5, 0.6) is 5.75 Å². The second kappa shape index (κ2) is 7.67. The number of ether oxygens (including phenoxy) is 1. The standard InChI is InChI=1S/C15H24N2O2/c1-4-8-11(5-2)17-15(18)12-9-7-10-13(16)14(12)19-6-3/h7,9-11H,4-6,8,16H2,1-3H3,(H,17,18). The number of hydrogen-bond donors (Lipinski definition) is 2. The highest BCUT2D eigenvalue weighted by molar-refractivity contribution is 5.98. The number of amides is 1. The number of benzene rings is 1. The number of hydrogen-bond acceptors (Lipinski definition) is 3. The van der Waals surface area contributed by atoms with Crippen LogP contribution in [0.25, 0.3) is 0 Å². The van der Waals surface area contributed by atoms with Gasteiger partial charge in [-0.05, 0) is 31.9 Å². The van der Waals surface area contributed by atoms with Crippen LogP contribution in [0.3, 0.4) is 0 Å². The molecule has 0 radical (unpaired) electrons. The molecule has 4 nitrogen and oxygen atoms in total. The summed E-state index contributed by atoms with van der Waals surface area (Å²) in [5.74, 6) is 0.366. The first-order chi connectivity index (χ1) is 9.13. The molecule has 0 aliphatic rings. The smallest absolute Gasteiger partial charge is 0.255 e. The van der Waals surface area contributed by atoms with Crippen molar-refractivity contribution in [2.75, 3.05) is 12.3 Å². The van der Waals surface area contributed by atoms with Gasteiger partial charge in [-0.1, -0.05) is 26.3 Å². The summed E-state index contributed by atoms with van der Waals surface area (Å²) < 4.78 is 5.48. The molecule has 0 saturated heterocycles. The van der Waals surface area contributed by atoms with Gasteiger partial charge in [0.2, 0.25) is 0 Å². The average molecular weight is 264 g/mol. The Hall–Kier alpha value is -1.71. The summed E-state index contributed by atoms with van der Waals surface area (Å²) in [6.07, 6.45) is 2.95. The van der Waals surface area contributed by atoms with Crippen molar-refractivity contribution in [3.8, 4) is 5.75 Å². The molecule has 0 aliphatic heterocycles. The van der Waals surface area contributed by atoms with Gasteiger partial charge in [-0.15, -0.1) is 0 Å². The van der Waals surface area contributed by atoms with E-state index in [-0.39, 0.29) is 11.9 Å². The summed E-state index contributed by atoms with van der Waals surface area (Å²) in [5.41, 5.74) is 6.87. The first kappa shape index (κ1) is 15.3. The SMILES string of the molecule is CCCC(CC)NC(=O)c1cccc(N)c1OCC. The summed E-state index contributed by atoms with van der Waals surface area (Å²) in [7, 11) is 0. The molecule has 3 N–H and O–H groups in total. The minimum atomic E-state index is -0.115. The highest BCUT2D eigenvalue weighted by Gasteiger charge is 2.17. The summed E-state index contributed by atoms with van der Waals surface area (Å²) in [6, 6.07) is 5.46. The van der Waals surface area contributed by atoms with Gasteiger partial charge in [-0.25, -0.2) is 0 Å². The highest BCUT2D eigenvalue weighted by atomic mass is 16.5. The molecular weight excluding hydrogens is 240 g/mol. The van der Waals surface area contributed by atoms with E-state index in [0.29, 0.717) is 23.6 Å². The average Bonchev–Trinajstić information content (AvgIpc) is 2.40. The van der Waals surface area contributed by atoms with E-state index in [2.05, 4.69) is 19.2 Å². The molecule has 0 bridgehead atoms. The Labute approximate surface area is 115 Å². The third kappa shape index (κ3) is 4.16. The van der Waals surface area contributed by atoms with E-state index in [0.717, 1.165) is 19.3 Å². The fourth-order valence-electron chi connectivity index (χ4n) is 2.03. The molecule has 1 aromatic carbocycles. The lowest BCUT2D eigenvalue weighted by atomic mass is 10.1. The number of para-hydroxylation sites is 1. The molecule has 4 heteroatoms. The lowest BCUT2D eigenvalue weighted by molar-refractivity contribution is 0.0930. The minimum absolute atomic E-state index is 0.115. The zero-order chi connectivity index (χ0) is 14.3. The van der Waals surface area contributed by atoms with E-state index in [4.69, 9.17) is 10.5 Å². The van der Waals surface area contributed by atoms with E-state index < -0.39 is 0 Å². The lowest BCUT2D eigenvalue weighted by Crippen LogP contribution is -2.34. The van der Waals surface area contributed by atoms with Crippen molar-refractivity contribution in [3.63, 3.8) is 0 Å². The summed E-state index contributed by atoms with van der Waals surface area (Å²) >= 11 is 0. The lowest BCUT2D eigenvalue weighted by Gasteiger charge is -2.18. The van der Waals surface area contributed by atoms with Gasteiger partial charge in [-0.2, -0.15) is 0 Å². The molecule has 19 heavy (non-hydrogen) atoms. The number of nitrogens with two attached hydrogens (primary N) is 1. The van der Waals surface area contributed by atoms with Crippen molar-refractivity contribution in [2.45, 2.75) is 46.1 Å². The molecule has 0 aliphatic carbocycles. The third-order valence-electron chi connectivity index (χ3n) is 3.04. The summed E-state index contributed by atoms with van der Waals surface area (Å²) in [5, 5.41) is 3.04. The fourth-order valence-corrected chi connectivity index (χ4v) is 2.03. The topological polar surface area (TPSA) is 64.4 Å². The molecular formula is C15H24N2O2. The van der Waals surface area contributed by atoms with E-state index in [1.807, 2.05) is 6.92 Å². The quantitative estimate of drug-likeness (QED) is 0.744. The zero-order valence-corrected chi connectivity index (χ0v) is 12.0. The molecule has 0 spiro atoms. The minimum Gasteiger partial charge on any atom is -0.491 e. The molecule has 106 valence electrons. The van der Waals surface area contributed by atoms with Crippen molar-refractivity contribution in [3.05, 3.63) is 23.8 Å². The number of carbonyl (C=O) groups excluding carboxylic acids is 1. The van der Waals surface area contributed by atoms with Crippen molar-refractivity contribution in [1.29, 1.82) is 0 Å². The van der Waals surface area contributed by atoms with Gasteiger partial charge in [0.05, 0.1) is 17.9 Å². The van der Waals surface area contributed by atoms with E-state index in [1.54, 1.807) is 18.2 Å². The second-order valence-corrected chi connectivity index (χ2v) is 4.52. The molecule has 1 unspecified atom stereocenters. The predicted octanol–water partition coefficient (Wildman–Crippen LogP) is 2.98. The van der Waals surface area contributed by atoms with Crippen LogP contribution in [0.2, 0.25) is 0 Å². The first-order valence-electron chi connectivity index (χ1n) is 6.96. The molecule has 0 fully saturated rings. The molecule has 0 heterocycles. The Balaban J connectivity index is 2.89. The van der Waals surface area contributed by atoms with E-state index in [1.165, 1.54) is 0 Å². The molecule has 1 aromatic rings. The van der Waals surface area contributed by atoms with Crippen LogP contribution in [0.1, 0.15) is 50.4 Å². The Morgan fingerprint density at radius 1 is 1.37 bits per heavy atom. The van der Waals surface area contributed by atoms with Crippen LogP contribution in [0.4, 0.5) is 5.69 Å². The molecule has 0 aromatic heterocycles. The van der Waals surface area contributed by atoms with Crippen molar-refractivity contribution >= 4 is 11.6 Å². The molecule has 1 atom stereocenters. The Bertz CT molecular complexity index is 419. The zero-order valence-electron chi connectivity index (χ0n) is 12.0. The number of carbonyl (C=O) groups is 1. The largest absolute Gasteiger partial charge is 0.491 e. The van der Waals surface area contributed by atoms with Gasteiger partial charge in [0.15, 0.2) is 5.75 Å². The second-order valence-electron chi connectivity index (χ2n) is 4.52. The van der Waals surface area contributed by atoms with Crippen LogP contribution >= 0.6 is 0 Å². The highest BCUT2D eigenvalue weighted by Crippen LogP contribution is 2.26. The Morgan fingerprint density at radius 3 is 2.68 bits per heavy atom. The van der Waals surface area contributed by atoms with Crippen LogP contribution in [0.15, 0.2) is 18.2 Å². The van der Waals surface area contributed by atoms with Gasteiger partial charge in [0.1, 0.15) is 0 Å². The van der Waals surface area contributed by atoms with Crippen LogP contribution in [-0.4, -0.2) is 18.6 Å². The number of nitrogens with one attached hydrogen (secondary N) is 1. The predicted molar refractivity (Wildman–Crippen MR) is 78.5 cm³/mol. The third-order valence-corrected chi connectivity index (χ3v) is 3.04.